The van der Waals surface area contributed by atoms with E-state index in [4.69, 9.17) is 9.15 Å². The number of aliphatic hydroxyl groups is 1. The first-order chi connectivity index (χ1) is 15.0. The first-order valence-electron chi connectivity index (χ1n) is 9.79. The third-order valence-corrected chi connectivity index (χ3v) is 5.05. The average Bonchev–Trinajstić information content (AvgIpc) is 3.37. The van der Waals surface area contributed by atoms with Gasteiger partial charge in [0, 0.05) is 5.56 Å². The van der Waals surface area contributed by atoms with Gasteiger partial charge in [0.15, 0.2) is 0 Å². The molecule has 1 aromatic heterocycles. The summed E-state index contributed by atoms with van der Waals surface area (Å²) < 4.78 is 24.3. The van der Waals surface area contributed by atoms with Crippen molar-refractivity contribution in [3.8, 4) is 5.75 Å². The quantitative estimate of drug-likeness (QED) is 0.362. The number of furan rings is 1. The zero-order chi connectivity index (χ0) is 22.0. The number of likely N-dealkylation sites (tertiary alicyclic amines) is 1. The summed E-state index contributed by atoms with van der Waals surface area (Å²) in [4.78, 5) is 27.2. The molecule has 1 amide bonds. The van der Waals surface area contributed by atoms with E-state index in [0.29, 0.717) is 29.2 Å². The molecule has 0 radical (unpaired) electrons. The predicted octanol–water partition coefficient (Wildman–Crippen LogP) is 4.44. The van der Waals surface area contributed by atoms with Crippen LogP contribution in [0.1, 0.15) is 29.9 Å². The summed E-state index contributed by atoms with van der Waals surface area (Å²) in [5, 5.41) is 11.1. The number of Topliss-reactive ketones (excluding diaryl/α,β-unsaturated/α-hetero) is 1. The third-order valence-electron chi connectivity index (χ3n) is 5.05. The van der Waals surface area contributed by atoms with Crippen LogP contribution in [0.5, 0.6) is 5.75 Å². The van der Waals surface area contributed by atoms with E-state index in [1.165, 1.54) is 35.4 Å². The van der Waals surface area contributed by atoms with Gasteiger partial charge in [0.1, 0.15) is 23.1 Å². The van der Waals surface area contributed by atoms with E-state index in [1.807, 2.05) is 6.92 Å². The number of hydrogen-bond donors (Lipinski definition) is 1. The molecule has 1 aliphatic rings. The molecule has 0 bridgehead atoms. The molecule has 6 nitrogen and oxygen atoms in total. The second-order valence-electron chi connectivity index (χ2n) is 7.02. The molecule has 1 fully saturated rings. The fraction of sp³-hybridized carbons (Fsp3) is 0.167. The first-order valence-corrected chi connectivity index (χ1v) is 9.79. The molecule has 2 heterocycles. The Labute approximate surface area is 178 Å². The largest absolute Gasteiger partial charge is 0.507 e. The van der Waals surface area contributed by atoms with Crippen LogP contribution in [0.25, 0.3) is 5.76 Å². The highest BCUT2D eigenvalue weighted by Crippen LogP contribution is 2.40. The molecule has 0 aliphatic carbocycles. The Hall–Kier alpha value is -3.87. The number of halogens is 1. The number of carbonyl (C=O) groups excluding carboxylic acids is 2. The lowest BCUT2D eigenvalue weighted by atomic mass is 9.95. The Morgan fingerprint density at radius 2 is 1.90 bits per heavy atom. The van der Waals surface area contributed by atoms with E-state index < -0.39 is 23.5 Å². The van der Waals surface area contributed by atoms with Crippen molar-refractivity contribution in [2.45, 2.75) is 19.5 Å². The van der Waals surface area contributed by atoms with Gasteiger partial charge in [-0.15, -0.1) is 0 Å². The number of nitrogens with zero attached hydrogens (tertiary/aromatic N) is 1. The zero-order valence-corrected chi connectivity index (χ0v) is 16.7. The summed E-state index contributed by atoms with van der Waals surface area (Å²) in [6.07, 6.45) is 1.47. The van der Waals surface area contributed by atoms with E-state index in [0.717, 1.165) is 0 Å². The minimum Gasteiger partial charge on any atom is -0.507 e. The van der Waals surface area contributed by atoms with Gasteiger partial charge in [0.25, 0.3) is 11.7 Å². The SMILES string of the molecule is CCOc1cccc(/C(O)=C2/C(=O)C(=O)N(Cc3ccco3)C2c2ccc(F)cc2)c1. The van der Waals surface area contributed by atoms with E-state index in [9.17, 15) is 19.1 Å². The van der Waals surface area contributed by atoms with Crippen LogP contribution in [-0.4, -0.2) is 28.3 Å². The van der Waals surface area contributed by atoms with E-state index in [2.05, 4.69) is 0 Å². The van der Waals surface area contributed by atoms with Crippen molar-refractivity contribution >= 4 is 17.4 Å². The lowest BCUT2D eigenvalue weighted by molar-refractivity contribution is -0.140. The summed E-state index contributed by atoms with van der Waals surface area (Å²) in [6, 6.07) is 14.6. The number of hydrogen-bond acceptors (Lipinski definition) is 5. The maximum absolute atomic E-state index is 13.5. The van der Waals surface area contributed by atoms with Crippen LogP contribution >= 0.6 is 0 Å². The van der Waals surface area contributed by atoms with Crippen molar-refractivity contribution in [3.05, 3.63) is 95.2 Å². The van der Waals surface area contributed by atoms with Gasteiger partial charge < -0.3 is 19.2 Å². The molecule has 31 heavy (non-hydrogen) atoms. The first kappa shape index (κ1) is 20.4. The van der Waals surface area contributed by atoms with E-state index in [-0.39, 0.29) is 17.9 Å². The highest BCUT2D eigenvalue weighted by Gasteiger charge is 2.46. The van der Waals surface area contributed by atoms with Crippen molar-refractivity contribution in [2.75, 3.05) is 6.61 Å². The molecule has 1 unspecified atom stereocenters. The number of aliphatic hydroxyl groups excluding tert-OH is 1. The van der Waals surface area contributed by atoms with E-state index in [1.54, 1.807) is 36.4 Å². The minimum atomic E-state index is -0.901. The Bertz CT molecular complexity index is 1140. The number of ether oxygens (including phenoxy) is 1. The van der Waals surface area contributed by atoms with Crippen molar-refractivity contribution in [1.29, 1.82) is 0 Å². The number of carbonyl (C=O) groups is 2. The van der Waals surface area contributed by atoms with Gasteiger partial charge in [0.05, 0.1) is 31.0 Å². The topological polar surface area (TPSA) is 80.0 Å². The summed E-state index contributed by atoms with van der Waals surface area (Å²) in [5.41, 5.74) is 0.764. The number of ketones is 1. The summed E-state index contributed by atoms with van der Waals surface area (Å²) in [5.74, 6) is -1.36. The molecular weight excluding hydrogens is 401 g/mol. The molecule has 7 heteroatoms. The Morgan fingerprint density at radius 3 is 2.58 bits per heavy atom. The van der Waals surface area contributed by atoms with Crippen LogP contribution in [0.15, 0.2) is 76.9 Å². The van der Waals surface area contributed by atoms with Crippen LogP contribution in [0.3, 0.4) is 0 Å². The number of benzene rings is 2. The fourth-order valence-electron chi connectivity index (χ4n) is 3.66. The molecule has 0 saturated carbocycles. The molecule has 1 aliphatic heterocycles. The lowest BCUT2D eigenvalue weighted by Crippen LogP contribution is -2.29. The third kappa shape index (κ3) is 3.94. The molecule has 0 spiro atoms. The summed E-state index contributed by atoms with van der Waals surface area (Å²) >= 11 is 0. The zero-order valence-electron chi connectivity index (χ0n) is 16.7. The molecule has 1 atom stereocenters. The van der Waals surface area contributed by atoms with Gasteiger partial charge in [-0.2, -0.15) is 0 Å². The standard InChI is InChI=1S/C24H20FNO5/c1-2-30-18-6-3-5-16(13-18)22(27)20-21(15-8-10-17(25)11-9-15)26(24(29)23(20)28)14-19-7-4-12-31-19/h3-13,21,27H,2,14H2,1H3/b22-20-. The predicted molar refractivity (Wildman–Crippen MR) is 111 cm³/mol. The maximum atomic E-state index is 13.5. The van der Waals surface area contributed by atoms with Gasteiger partial charge in [-0.1, -0.05) is 24.3 Å². The van der Waals surface area contributed by atoms with Crippen molar-refractivity contribution in [3.63, 3.8) is 0 Å². The van der Waals surface area contributed by atoms with Gasteiger partial charge in [-0.05, 0) is 48.9 Å². The Morgan fingerprint density at radius 1 is 1.13 bits per heavy atom. The van der Waals surface area contributed by atoms with E-state index >= 15 is 0 Å². The second kappa shape index (κ2) is 8.47. The molecule has 4 rings (SSSR count). The van der Waals surface area contributed by atoms with Gasteiger partial charge in [-0.3, -0.25) is 9.59 Å². The van der Waals surface area contributed by atoms with Gasteiger partial charge in [0.2, 0.25) is 0 Å². The van der Waals surface area contributed by atoms with Crippen LogP contribution < -0.4 is 4.74 Å². The summed E-state index contributed by atoms with van der Waals surface area (Å²) in [6.45, 7) is 2.30. The molecule has 1 N–H and O–H groups in total. The fourth-order valence-corrected chi connectivity index (χ4v) is 3.66. The second-order valence-corrected chi connectivity index (χ2v) is 7.02. The molecular formula is C24H20FNO5. The number of amides is 1. The minimum absolute atomic E-state index is 0.0232. The molecule has 3 aromatic rings. The van der Waals surface area contributed by atoms with Crippen molar-refractivity contribution < 1.29 is 28.2 Å². The smallest absolute Gasteiger partial charge is 0.296 e. The normalized spacial score (nSPS) is 17.9. The highest BCUT2D eigenvalue weighted by atomic mass is 19.1. The monoisotopic (exact) mass is 421 g/mol. The molecule has 158 valence electrons. The van der Waals surface area contributed by atoms with Crippen molar-refractivity contribution in [1.82, 2.24) is 4.90 Å². The maximum Gasteiger partial charge on any atom is 0.296 e. The highest BCUT2D eigenvalue weighted by molar-refractivity contribution is 6.46. The van der Waals surface area contributed by atoms with Crippen LogP contribution in [0.2, 0.25) is 0 Å². The van der Waals surface area contributed by atoms with Gasteiger partial charge in [-0.25, -0.2) is 4.39 Å². The number of rotatable bonds is 6. The lowest BCUT2D eigenvalue weighted by Gasteiger charge is -2.24. The van der Waals surface area contributed by atoms with Gasteiger partial charge >= 0.3 is 0 Å². The molecule has 2 aromatic carbocycles. The van der Waals surface area contributed by atoms with Crippen LogP contribution in [0.4, 0.5) is 4.39 Å². The van der Waals surface area contributed by atoms with Crippen molar-refractivity contribution in [2.24, 2.45) is 0 Å². The van der Waals surface area contributed by atoms with Crippen LogP contribution in [0, 0.1) is 5.82 Å². The Kier molecular flexibility index (Phi) is 5.58. The Balaban J connectivity index is 1.84. The average molecular weight is 421 g/mol. The van der Waals surface area contributed by atoms with Crippen LogP contribution in [-0.2, 0) is 16.1 Å². The summed E-state index contributed by atoms with van der Waals surface area (Å²) in [7, 11) is 0. The molecule has 1 saturated heterocycles.